The van der Waals surface area contributed by atoms with E-state index in [0.29, 0.717) is 5.69 Å². The van der Waals surface area contributed by atoms with Gasteiger partial charge in [-0.05, 0) is 30.9 Å². The summed E-state index contributed by atoms with van der Waals surface area (Å²) >= 11 is 5.67. The van der Waals surface area contributed by atoms with Crippen molar-refractivity contribution in [1.29, 1.82) is 0 Å². The Balaban J connectivity index is 1.94. The molecule has 0 atom stereocenters. The third kappa shape index (κ3) is 1.23. The molecule has 18 heavy (non-hydrogen) atoms. The Labute approximate surface area is 106 Å². The third-order valence-electron chi connectivity index (χ3n) is 4.08. The van der Waals surface area contributed by atoms with Crippen LogP contribution in [-0.2, 0) is 5.41 Å². The van der Waals surface area contributed by atoms with Crippen LogP contribution in [0.5, 0.6) is 0 Å². The summed E-state index contributed by atoms with van der Waals surface area (Å²) in [6.07, 6.45) is -4.12. The van der Waals surface area contributed by atoms with Crippen LogP contribution < -0.4 is 11.5 Å². The summed E-state index contributed by atoms with van der Waals surface area (Å²) in [7, 11) is 0. The lowest BCUT2D eigenvalue weighted by molar-refractivity contribution is -0.337. The van der Waals surface area contributed by atoms with Gasteiger partial charge < -0.3 is 11.5 Å². The molecule has 1 aromatic rings. The Morgan fingerprint density at radius 1 is 1.11 bits per heavy atom. The van der Waals surface area contributed by atoms with Crippen molar-refractivity contribution in [3.8, 4) is 0 Å². The molecule has 4 nitrogen and oxygen atoms in total. The zero-order valence-corrected chi connectivity index (χ0v) is 9.94. The van der Waals surface area contributed by atoms with Crippen molar-refractivity contribution in [2.75, 3.05) is 11.5 Å². The number of nitrogens with zero attached hydrogens (tertiary/aromatic N) is 2. The minimum atomic E-state index is -4.16. The SMILES string of the molecule is Nc1nc(Cl)nc(C23CC(C(F)(F)F)(C2)C3)c1N. The van der Waals surface area contributed by atoms with Gasteiger partial charge in [-0.15, -0.1) is 0 Å². The normalized spacial score (nSPS) is 33.8. The van der Waals surface area contributed by atoms with Gasteiger partial charge >= 0.3 is 6.18 Å². The molecule has 1 aromatic heterocycles. The number of nitrogens with two attached hydrogens (primary N) is 2. The van der Waals surface area contributed by atoms with Crippen molar-refractivity contribution < 1.29 is 13.2 Å². The highest BCUT2D eigenvalue weighted by atomic mass is 35.5. The standard InChI is InChI=1S/C10H10ClF3N4/c11-7-17-5(4(15)6(16)18-7)8-1-9(2-8,3-8)10(12,13)14/h1-3,15H2,(H2,16,17,18). The van der Waals surface area contributed by atoms with Crippen LogP contribution in [0.4, 0.5) is 24.7 Å². The van der Waals surface area contributed by atoms with Crippen LogP contribution in [0.2, 0.25) is 5.28 Å². The van der Waals surface area contributed by atoms with Crippen molar-refractivity contribution in [3.63, 3.8) is 0 Å². The highest BCUT2D eigenvalue weighted by Gasteiger charge is 2.79. The Morgan fingerprint density at radius 3 is 2.17 bits per heavy atom. The van der Waals surface area contributed by atoms with Gasteiger partial charge in [0.05, 0.1) is 16.8 Å². The molecule has 0 amide bonds. The number of hydrogen-bond acceptors (Lipinski definition) is 4. The maximum absolute atomic E-state index is 12.8. The molecule has 0 saturated heterocycles. The number of hydrogen-bond donors (Lipinski definition) is 2. The largest absolute Gasteiger partial charge is 0.394 e. The summed E-state index contributed by atoms with van der Waals surface area (Å²) in [5, 5.41) is -0.0810. The zero-order chi connectivity index (χ0) is 13.3. The lowest BCUT2D eigenvalue weighted by atomic mass is 9.34. The van der Waals surface area contributed by atoms with Gasteiger partial charge in [-0.1, -0.05) is 0 Å². The van der Waals surface area contributed by atoms with E-state index in [4.69, 9.17) is 23.1 Å². The molecule has 0 aromatic carbocycles. The quantitative estimate of drug-likeness (QED) is 0.773. The van der Waals surface area contributed by atoms with Gasteiger partial charge in [0, 0.05) is 5.41 Å². The minimum Gasteiger partial charge on any atom is -0.394 e. The number of aromatic nitrogens is 2. The van der Waals surface area contributed by atoms with E-state index in [2.05, 4.69) is 9.97 Å². The molecule has 3 aliphatic rings. The molecule has 8 heteroatoms. The van der Waals surface area contributed by atoms with E-state index in [1.165, 1.54) is 0 Å². The third-order valence-corrected chi connectivity index (χ3v) is 4.25. The van der Waals surface area contributed by atoms with E-state index in [9.17, 15) is 13.2 Å². The fourth-order valence-corrected chi connectivity index (χ4v) is 3.38. The molecular weight excluding hydrogens is 269 g/mol. The molecule has 3 fully saturated rings. The lowest BCUT2D eigenvalue weighted by Gasteiger charge is -2.70. The van der Waals surface area contributed by atoms with E-state index in [-0.39, 0.29) is 36.1 Å². The Hall–Kier alpha value is -1.24. The summed E-state index contributed by atoms with van der Waals surface area (Å²) in [5.41, 5.74) is 9.64. The predicted octanol–water partition coefficient (Wildman–Crippen LogP) is 2.28. The maximum atomic E-state index is 12.8. The molecule has 0 spiro atoms. The summed E-state index contributed by atoms with van der Waals surface area (Å²) in [6, 6.07) is 0. The highest BCUT2D eigenvalue weighted by molar-refractivity contribution is 6.28. The minimum absolute atomic E-state index is 0.0144. The van der Waals surface area contributed by atoms with Crippen LogP contribution in [0.25, 0.3) is 0 Å². The van der Waals surface area contributed by atoms with Crippen LogP contribution in [0.15, 0.2) is 0 Å². The summed E-state index contributed by atoms with van der Waals surface area (Å²) in [5.74, 6) is 0.0239. The molecule has 0 aliphatic heterocycles. The fourth-order valence-electron chi connectivity index (χ4n) is 3.20. The Bertz CT molecular complexity index is 523. The van der Waals surface area contributed by atoms with Crippen molar-refractivity contribution in [1.82, 2.24) is 9.97 Å². The van der Waals surface area contributed by atoms with Crippen molar-refractivity contribution >= 4 is 23.1 Å². The van der Waals surface area contributed by atoms with E-state index in [0.717, 1.165) is 0 Å². The smallest absolute Gasteiger partial charge is 0.394 e. The second-order valence-electron chi connectivity index (χ2n) is 5.23. The molecule has 4 rings (SSSR count). The molecule has 3 aliphatic carbocycles. The van der Waals surface area contributed by atoms with E-state index < -0.39 is 17.0 Å². The number of halogens is 4. The second-order valence-corrected chi connectivity index (χ2v) is 5.57. The van der Waals surface area contributed by atoms with Gasteiger partial charge in [-0.25, -0.2) is 4.98 Å². The number of rotatable bonds is 1. The zero-order valence-electron chi connectivity index (χ0n) is 9.18. The molecule has 1 heterocycles. The lowest BCUT2D eigenvalue weighted by Crippen LogP contribution is -2.70. The number of anilines is 2. The summed E-state index contributed by atoms with van der Waals surface area (Å²) in [6.45, 7) is 0. The van der Waals surface area contributed by atoms with Gasteiger partial charge in [-0.2, -0.15) is 18.2 Å². The van der Waals surface area contributed by atoms with E-state index >= 15 is 0 Å². The first-order chi connectivity index (χ1) is 8.19. The maximum Gasteiger partial charge on any atom is 0.394 e. The molecule has 0 radical (unpaired) electrons. The van der Waals surface area contributed by atoms with Crippen molar-refractivity contribution in [3.05, 3.63) is 11.0 Å². The number of alkyl halides is 3. The van der Waals surface area contributed by atoms with Crippen molar-refractivity contribution in [2.45, 2.75) is 30.9 Å². The van der Waals surface area contributed by atoms with Crippen LogP contribution in [0, 0.1) is 5.41 Å². The van der Waals surface area contributed by atoms with E-state index in [1.807, 2.05) is 0 Å². The van der Waals surface area contributed by atoms with E-state index in [1.54, 1.807) is 0 Å². The molecule has 98 valence electrons. The first-order valence-electron chi connectivity index (χ1n) is 5.35. The summed E-state index contributed by atoms with van der Waals surface area (Å²) in [4.78, 5) is 7.63. The molecule has 0 unspecified atom stereocenters. The Kier molecular flexibility index (Phi) is 1.98. The topological polar surface area (TPSA) is 77.8 Å². The average molecular weight is 279 g/mol. The van der Waals surface area contributed by atoms with Gasteiger partial charge in [0.15, 0.2) is 5.82 Å². The van der Waals surface area contributed by atoms with Crippen LogP contribution in [-0.4, -0.2) is 16.1 Å². The molecular formula is C10H10ClF3N4. The second kappa shape index (κ2) is 3.01. The monoisotopic (exact) mass is 278 g/mol. The molecule has 3 saturated carbocycles. The molecule has 4 N–H and O–H groups in total. The Morgan fingerprint density at radius 2 is 1.67 bits per heavy atom. The average Bonchev–Trinajstić information content (AvgIpc) is 2.05. The van der Waals surface area contributed by atoms with Gasteiger partial charge in [0.1, 0.15) is 0 Å². The van der Waals surface area contributed by atoms with Gasteiger partial charge in [0.25, 0.3) is 0 Å². The van der Waals surface area contributed by atoms with Crippen LogP contribution >= 0.6 is 11.6 Å². The van der Waals surface area contributed by atoms with Crippen molar-refractivity contribution in [2.24, 2.45) is 5.41 Å². The molecule has 2 bridgehead atoms. The predicted molar refractivity (Wildman–Crippen MR) is 59.9 cm³/mol. The first kappa shape index (κ1) is 11.8. The highest BCUT2D eigenvalue weighted by Crippen LogP contribution is 2.78. The van der Waals surface area contributed by atoms with Gasteiger partial charge in [-0.3, -0.25) is 0 Å². The number of nitrogen functional groups attached to an aromatic ring is 2. The fraction of sp³-hybridized carbons (Fsp3) is 0.600. The first-order valence-corrected chi connectivity index (χ1v) is 5.73. The van der Waals surface area contributed by atoms with Gasteiger partial charge in [0.2, 0.25) is 5.28 Å². The van der Waals surface area contributed by atoms with Crippen LogP contribution in [0.1, 0.15) is 25.0 Å². The summed E-state index contributed by atoms with van der Waals surface area (Å²) < 4.78 is 38.3. The van der Waals surface area contributed by atoms with Crippen LogP contribution in [0.3, 0.4) is 0 Å².